The zero-order chi connectivity index (χ0) is 32.0. The Morgan fingerprint density at radius 1 is 0.884 bits per heavy atom. The molecule has 0 amide bonds. The highest BCUT2D eigenvalue weighted by Crippen LogP contribution is 2.45. The maximum atomic E-state index is 12.7. The van der Waals surface area contributed by atoms with Crippen LogP contribution < -0.4 is 14.8 Å². The van der Waals surface area contributed by atoms with Crippen LogP contribution in [0, 0.1) is 0 Å². The molecule has 5 rings (SSSR count). The van der Waals surface area contributed by atoms with E-state index in [9.17, 15) is 13.2 Å². The zero-order valence-corrected chi connectivity index (χ0v) is 27.0. The Kier molecular flexibility index (Phi) is 15.0. The summed E-state index contributed by atoms with van der Waals surface area (Å²) in [5, 5.41) is 0. The maximum Gasteiger partial charge on any atom is 0.479 e. The summed E-state index contributed by atoms with van der Waals surface area (Å²) in [6, 6.07) is 22.3. The highest BCUT2D eigenvalue weighted by Gasteiger charge is 2.35. The highest BCUT2D eigenvalue weighted by atomic mass is 32.2. The van der Waals surface area contributed by atoms with Crippen molar-refractivity contribution in [2.24, 2.45) is 5.73 Å². The Morgan fingerprint density at radius 3 is 2.05 bits per heavy atom. The summed E-state index contributed by atoms with van der Waals surface area (Å²) < 4.78 is 43.0. The van der Waals surface area contributed by atoms with Crippen molar-refractivity contribution in [3.63, 3.8) is 0 Å². The molecule has 2 N–H and O–H groups in total. The lowest BCUT2D eigenvalue weighted by Crippen LogP contribution is -2.42. The van der Waals surface area contributed by atoms with Crippen LogP contribution in [0.4, 0.5) is 18.9 Å². The van der Waals surface area contributed by atoms with Crippen LogP contribution in [-0.2, 0) is 16.2 Å². The molecular formula is C34H45F3N2O3S. The van der Waals surface area contributed by atoms with E-state index in [0.29, 0.717) is 12.3 Å². The zero-order valence-electron chi connectivity index (χ0n) is 26.2. The highest BCUT2D eigenvalue weighted by molar-refractivity contribution is 7.95. The van der Waals surface area contributed by atoms with Gasteiger partial charge in [-0.25, -0.2) is 0 Å². The molecule has 9 heteroatoms. The van der Waals surface area contributed by atoms with Crippen molar-refractivity contribution in [2.45, 2.75) is 77.4 Å². The molecule has 1 heterocycles. The van der Waals surface area contributed by atoms with Crippen LogP contribution in [0.5, 0.6) is 5.75 Å². The minimum absolute atomic E-state index is 0.108. The van der Waals surface area contributed by atoms with Crippen LogP contribution >= 0.6 is 12.0 Å². The molecule has 3 aromatic carbocycles. The quantitative estimate of drug-likeness (QED) is 0.117. The lowest BCUT2D eigenvalue weighted by molar-refractivity contribution is -0.221. The molecule has 43 heavy (non-hydrogen) atoms. The summed E-state index contributed by atoms with van der Waals surface area (Å²) in [5.41, 5.74) is 6.63. The first-order valence-corrected chi connectivity index (χ1v) is 15.5. The van der Waals surface area contributed by atoms with Crippen molar-refractivity contribution in [3.8, 4) is 5.75 Å². The van der Waals surface area contributed by atoms with E-state index in [1.165, 1.54) is 38.8 Å². The van der Waals surface area contributed by atoms with Gasteiger partial charge in [0.15, 0.2) is 12.0 Å². The van der Waals surface area contributed by atoms with E-state index in [2.05, 4.69) is 58.8 Å². The third-order valence-electron chi connectivity index (χ3n) is 6.81. The number of alkyl halides is 3. The van der Waals surface area contributed by atoms with Crippen LogP contribution in [0.15, 0.2) is 73.0 Å². The molecule has 0 radical (unpaired) electrons. The normalized spacial score (nSPS) is 17.3. The Morgan fingerprint density at radius 2 is 1.49 bits per heavy atom. The number of halogens is 3. The predicted octanol–water partition coefficient (Wildman–Crippen LogP) is 9.83. The van der Waals surface area contributed by atoms with E-state index in [-0.39, 0.29) is 17.8 Å². The number of nitrogens with zero attached hydrogens (tertiary/aromatic N) is 1. The van der Waals surface area contributed by atoms with Crippen LogP contribution in [0.1, 0.15) is 87.2 Å². The molecule has 1 saturated carbocycles. The number of rotatable bonds is 8. The monoisotopic (exact) mass is 618 g/mol. The van der Waals surface area contributed by atoms with Gasteiger partial charge < -0.3 is 19.7 Å². The number of fused-ring (bicyclic) bond motifs is 1. The van der Waals surface area contributed by atoms with Crippen molar-refractivity contribution in [1.82, 2.24) is 0 Å². The third-order valence-corrected chi connectivity index (χ3v) is 7.28. The van der Waals surface area contributed by atoms with E-state index < -0.39 is 17.6 Å². The molecule has 1 aliphatic heterocycles. The van der Waals surface area contributed by atoms with E-state index in [1.807, 2.05) is 45.9 Å². The molecule has 3 aromatic rings. The van der Waals surface area contributed by atoms with Gasteiger partial charge in [-0.1, -0.05) is 70.2 Å². The summed E-state index contributed by atoms with van der Waals surface area (Å²) in [6.45, 7) is 10.2. The lowest BCUT2D eigenvalue weighted by Gasteiger charge is -2.44. The van der Waals surface area contributed by atoms with Crippen LogP contribution in [0.3, 0.4) is 0 Å². The second-order valence-corrected chi connectivity index (χ2v) is 10.2. The molecule has 2 atom stereocenters. The van der Waals surface area contributed by atoms with Gasteiger partial charge in [0.25, 0.3) is 0 Å². The largest absolute Gasteiger partial charge is 0.479 e. The van der Waals surface area contributed by atoms with Gasteiger partial charge in [-0.3, -0.25) is 0 Å². The van der Waals surface area contributed by atoms with E-state index in [1.54, 1.807) is 18.2 Å². The minimum Gasteiger partial charge on any atom is -0.417 e. The van der Waals surface area contributed by atoms with Crippen LogP contribution in [-0.4, -0.2) is 25.7 Å². The summed E-state index contributed by atoms with van der Waals surface area (Å²) in [7, 11) is 2.94. The summed E-state index contributed by atoms with van der Waals surface area (Å²) >= 11 is -0.485. The van der Waals surface area contributed by atoms with Crippen molar-refractivity contribution in [1.29, 1.82) is 0 Å². The van der Waals surface area contributed by atoms with Crippen molar-refractivity contribution >= 4 is 23.8 Å². The molecule has 1 aliphatic carbocycles. The first kappa shape index (κ1) is 36.1. The topological polar surface area (TPSA) is 57.0 Å². The third kappa shape index (κ3) is 10.2. The van der Waals surface area contributed by atoms with Gasteiger partial charge in [0.05, 0.1) is 13.2 Å². The number of nitrogens with two attached hydrogens (primary N) is 1. The molecule has 5 nitrogen and oxygen atoms in total. The SMILES string of the molecule is CC.CC.CN.COO/C=C/c1ccc(C2c3ccc(OSC(F)(F)F)cc3C[C@@H](C)N2c2ccc(C3CC3)cc2)cc1. The smallest absolute Gasteiger partial charge is 0.417 e. The van der Waals surface area contributed by atoms with Crippen molar-refractivity contribution in [3.05, 3.63) is 101 Å². The number of hydrogen-bond acceptors (Lipinski definition) is 6. The Labute approximate surface area is 259 Å². The van der Waals surface area contributed by atoms with Crippen LogP contribution in [0.25, 0.3) is 6.08 Å². The summed E-state index contributed by atoms with van der Waals surface area (Å²) in [5.74, 6) is 0.882. The van der Waals surface area contributed by atoms with Gasteiger partial charge in [0, 0.05) is 11.7 Å². The lowest BCUT2D eigenvalue weighted by atomic mass is 9.84. The average molecular weight is 619 g/mol. The van der Waals surface area contributed by atoms with Crippen molar-refractivity contribution in [2.75, 3.05) is 19.1 Å². The van der Waals surface area contributed by atoms with Crippen molar-refractivity contribution < 1.29 is 27.1 Å². The van der Waals surface area contributed by atoms with E-state index in [0.717, 1.165) is 27.9 Å². The fourth-order valence-corrected chi connectivity index (χ4v) is 5.32. The molecular weight excluding hydrogens is 573 g/mol. The first-order valence-electron chi connectivity index (χ1n) is 14.8. The summed E-state index contributed by atoms with van der Waals surface area (Å²) in [6.07, 6.45) is 6.48. The average Bonchev–Trinajstić information content (AvgIpc) is 3.88. The first-order chi connectivity index (χ1) is 20.8. The minimum atomic E-state index is -4.46. The van der Waals surface area contributed by atoms with Crippen LogP contribution in [0.2, 0.25) is 0 Å². The predicted molar refractivity (Wildman–Crippen MR) is 173 cm³/mol. The van der Waals surface area contributed by atoms with E-state index >= 15 is 0 Å². The second-order valence-electron chi connectivity index (χ2n) is 9.43. The maximum absolute atomic E-state index is 12.7. The van der Waals surface area contributed by atoms with Gasteiger partial charge in [0.2, 0.25) is 0 Å². The molecule has 1 fully saturated rings. The van der Waals surface area contributed by atoms with Gasteiger partial charge in [0.1, 0.15) is 12.0 Å². The number of anilines is 1. The van der Waals surface area contributed by atoms with Gasteiger partial charge in [-0.15, -0.1) is 0 Å². The molecule has 0 saturated heterocycles. The summed E-state index contributed by atoms with van der Waals surface area (Å²) in [4.78, 5) is 11.8. The van der Waals surface area contributed by atoms with Gasteiger partial charge in [-0.05, 0) is 97.3 Å². The molecule has 1 unspecified atom stereocenters. The Hall–Kier alpha value is -3.14. The molecule has 0 bridgehead atoms. The number of hydrogen-bond donors (Lipinski definition) is 1. The number of benzene rings is 3. The second kappa shape index (κ2) is 17.9. The van der Waals surface area contributed by atoms with Gasteiger partial charge in [-0.2, -0.15) is 18.1 Å². The fourth-order valence-electron chi connectivity index (χ4n) is 5.02. The Balaban J connectivity index is 0.00000101. The molecule has 236 valence electrons. The molecule has 0 aromatic heterocycles. The fraction of sp³-hybridized carbons (Fsp3) is 0.412. The van der Waals surface area contributed by atoms with E-state index in [4.69, 9.17) is 9.07 Å². The Bertz CT molecular complexity index is 1250. The molecule has 0 spiro atoms. The standard InChI is InChI=1S/C29H28F3NO3S.2C2H6.CH5N/c1-19-17-24-18-26(36-37-29(30,31)32)13-14-27(24)28(23-5-3-20(4-6-23)15-16-35-34-2)33(19)25-11-9-22(10-12-25)21-7-8-21;3*1-2/h3-6,9-16,18-19,21,28H,7-8,17H2,1-2H3;2*1-2H3;2H2,1H3/b16-15+;;;/t19-,28?;;;/m1.../s1. The molecule has 2 aliphatic rings. The van der Waals surface area contributed by atoms with Gasteiger partial charge >= 0.3 is 5.51 Å².